The number of halogens is 6. The zero-order chi connectivity index (χ0) is 58.6. The third kappa shape index (κ3) is 14.5. The van der Waals surface area contributed by atoms with Gasteiger partial charge in [0.15, 0.2) is 48.1 Å². The Balaban J connectivity index is 0.000000263. The summed E-state index contributed by atoms with van der Waals surface area (Å²) in [6, 6.07) is 61.0. The van der Waals surface area contributed by atoms with Crippen LogP contribution in [0.15, 0.2) is 194 Å². The van der Waals surface area contributed by atoms with E-state index >= 15 is 8.78 Å². The molecule has 10 aromatic carbocycles. The molecule has 10 aromatic rings. The number of aromatic hydroxyl groups is 4. The number of hydrogen-bond acceptors (Lipinski definition) is 2. The van der Waals surface area contributed by atoms with Crippen LogP contribution in [0.1, 0.15) is 13.8 Å². The molecule has 85 heavy (non-hydrogen) atoms. The molecule has 0 aliphatic carbocycles. The van der Waals surface area contributed by atoms with Crippen molar-refractivity contribution in [3.05, 3.63) is 244 Å². The van der Waals surface area contributed by atoms with Gasteiger partial charge >= 0.3 is 0 Å². The number of phenols is 2. The van der Waals surface area contributed by atoms with E-state index in [-0.39, 0.29) is 99.5 Å². The summed E-state index contributed by atoms with van der Waals surface area (Å²) < 4.78 is 97.1. The van der Waals surface area contributed by atoms with Crippen LogP contribution in [0.25, 0.3) is 89.0 Å². The average Bonchev–Trinajstić information content (AvgIpc) is 3.67. The summed E-state index contributed by atoms with van der Waals surface area (Å²) in [5, 5.41) is 25.4. The zero-order valence-electron chi connectivity index (χ0n) is 49.4. The van der Waals surface area contributed by atoms with Gasteiger partial charge in [0, 0.05) is 62.3 Å². The van der Waals surface area contributed by atoms with Crippen LogP contribution in [-0.2, 0) is 26.2 Å². The molecule has 0 bridgehead atoms. The van der Waals surface area contributed by atoms with Crippen molar-refractivity contribution >= 4 is 26.5 Å². The van der Waals surface area contributed by atoms with E-state index in [1.54, 1.807) is 26.0 Å². The van der Waals surface area contributed by atoms with Gasteiger partial charge in [0.2, 0.25) is 0 Å². The molecular formula is C72H70F6O4Si2Zr. The SMILES string of the molecule is CC[OH+]c1cc(F)c(F)c(F)c1-c1cc([Si](C)(C)C)cc(-c2cc(-c3ccccc3)cc(-c3ccccc3)c2)c1O.CC[OH+]c1cc(F)c(F)c(F)c1-c1cc([Si](C)(C)C)cc(-c2cc(-c3ccccc3)cc(-c3ccccc3)c2)c1O.[CH3-].[CH3-].[Zr]. The first-order chi connectivity index (χ1) is 39.2. The maximum absolute atomic E-state index is 15.5. The minimum absolute atomic E-state index is 0. The van der Waals surface area contributed by atoms with Gasteiger partial charge in [-0.3, -0.25) is 0 Å². The molecule has 0 aromatic heterocycles. The van der Waals surface area contributed by atoms with Gasteiger partial charge in [-0.2, -0.15) is 0 Å². The molecule has 0 unspecified atom stereocenters. The van der Waals surface area contributed by atoms with Crippen LogP contribution in [-0.4, -0.2) is 49.0 Å². The minimum Gasteiger partial charge on any atom is -0.582 e. The first-order valence-electron chi connectivity index (χ1n) is 27.1. The number of phenolic OH excluding ortho intramolecular Hbond substituents is 2. The second kappa shape index (κ2) is 28.0. The van der Waals surface area contributed by atoms with Crippen LogP contribution < -0.4 is 10.4 Å². The Kier molecular flexibility index (Phi) is 21.9. The Labute approximate surface area is 517 Å². The minimum atomic E-state index is -2.05. The van der Waals surface area contributed by atoms with E-state index in [0.717, 1.165) is 78.1 Å². The van der Waals surface area contributed by atoms with Crippen molar-refractivity contribution in [2.75, 3.05) is 13.2 Å². The number of ether oxygens (including phenoxy) is 2. The summed E-state index contributed by atoms with van der Waals surface area (Å²) in [5.74, 6) is -9.06. The van der Waals surface area contributed by atoms with Gasteiger partial charge in [-0.05, 0) is 92.0 Å². The Morgan fingerprint density at radius 1 is 0.329 bits per heavy atom. The fraction of sp³-hybridized carbons (Fsp3) is 0.139. The summed E-state index contributed by atoms with van der Waals surface area (Å²) in [6.07, 6.45) is 0. The van der Waals surface area contributed by atoms with Crippen LogP contribution in [0, 0.1) is 49.8 Å². The molecule has 0 radical (unpaired) electrons. The van der Waals surface area contributed by atoms with Crippen molar-refractivity contribution in [1.82, 2.24) is 0 Å². The quantitative estimate of drug-likeness (QED) is 0.0375. The molecule has 0 aliphatic heterocycles. The summed E-state index contributed by atoms with van der Waals surface area (Å²) >= 11 is 0. The Morgan fingerprint density at radius 2 is 0.576 bits per heavy atom. The maximum Gasteiger partial charge on any atom is 0.268 e. The largest absolute Gasteiger partial charge is 0.582 e. The van der Waals surface area contributed by atoms with Crippen LogP contribution in [0.3, 0.4) is 0 Å². The van der Waals surface area contributed by atoms with Gasteiger partial charge in [0.05, 0.1) is 28.3 Å². The average molecular weight is 1260 g/mol. The van der Waals surface area contributed by atoms with Crippen molar-refractivity contribution in [1.29, 1.82) is 0 Å². The van der Waals surface area contributed by atoms with E-state index in [0.29, 0.717) is 11.1 Å². The van der Waals surface area contributed by atoms with Crippen molar-refractivity contribution in [2.24, 2.45) is 0 Å². The van der Waals surface area contributed by atoms with Crippen LogP contribution in [0.2, 0.25) is 39.3 Å². The topological polar surface area (TPSA) is 66.1 Å². The molecule has 0 saturated heterocycles. The molecule has 4 N–H and O–H groups in total. The van der Waals surface area contributed by atoms with Gasteiger partial charge in [-0.25, -0.2) is 26.3 Å². The smallest absolute Gasteiger partial charge is 0.268 e. The van der Waals surface area contributed by atoms with Gasteiger partial charge in [0.25, 0.3) is 11.5 Å². The first kappa shape index (κ1) is 66.4. The summed E-state index contributed by atoms with van der Waals surface area (Å²) in [4.78, 5) is 0. The number of aliphatic hydroxyl groups is 2. The van der Waals surface area contributed by atoms with E-state index in [1.807, 2.05) is 158 Å². The van der Waals surface area contributed by atoms with E-state index in [1.165, 1.54) is 0 Å². The molecule has 0 heterocycles. The maximum atomic E-state index is 15.5. The summed E-state index contributed by atoms with van der Waals surface area (Å²) in [5.41, 5.74) is 9.92. The van der Waals surface area contributed by atoms with Gasteiger partial charge in [-0.15, -0.1) is 0 Å². The number of rotatable bonds is 14. The Bertz CT molecular complexity index is 3580. The number of benzene rings is 10. The predicted molar refractivity (Wildman–Crippen MR) is 343 cm³/mol. The van der Waals surface area contributed by atoms with Crippen LogP contribution >= 0.6 is 0 Å². The second-order valence-corrected chi connectivity index (χ2v) is 32.3. The van der Waals surface area contributed by atoms with Gasteiger partial charge < -0.3 is 34.5 Å². The van der Waals surface area contributed by atoms with Gasteiger partial charge in [0.1, 0.15) is 22.6 Å². The van der Waals surface area contributed by atoms with Crippen LogP contribution in [0.5, 0.6) is 23.0 Å². The van der Waals surface area contributed by atoms with E-state index < -0.39 is 51.1 Å². The Hall–Kier alpha value is -7.70. The molecule has 0 atom stereocenters. The van der Waals surface area contributed by atoms with Crippen molar-refractivity contribution < 1.29 is 72.2 Å². The Morgan fingerprint density at radius 3 is 0.824 bits per heavy atom. The molecule has 436 valence electrons. The first-order valence-corrected chi connectivity index (χ1v) is 34.1. The molecule has 0 spiro atoms. The monoisotopic (exact) mass is 1260 g/mol. The molecule has 10 rings (SSSR count). The van der Waals surface area contributed by atoms with E-state index in [2.05, 4.69) is 60.9 Å². The molecule has 0 saturated carbocycles. The van der Waals surface area contributed by atoms with Gasteiger partial charge in [-0.1, -0.05) is 195 Å². The molecule has 13 heteroatoms. The normalized spacial score (nSPS) is 11.1. The predicted octanol–water partition coefficient (Wildman–Crippen LogP) is 19.5. The number of hydrogen-bond donors (Lipinski definition) is 2. The van der Waals surface area contributed by atoms with E-state index in [4.69, 9.17) is 0 Å². The molecular weight excluding hydrogens is 1190 g/mol. The summed E-state index contributed by atoms with van der Waals surface area (Å²) in [7, 11) is -4.10. The fourth-order valence-corrected chi connectivity index (χ4v) is 12.3. The second-order valence-electron chi connectivity index (χ2n) is 22.1. The van der Waals surface area contributed by atoms with E-state index in [9.17, 15) is 27.8 Å². The van der Waals surface area contributed by atoms with Crippen molar-refractivity contribution in [3.8, 4) is 112 Å². The standard InChI is InChI=1S/2C35H31F3O2Si.2CH3.Zr/c2*1-5-40-31-21-30(36)33(37)34(38)32(31)29-20-27(41(2,3)4)19-28(35(29)39)26-17-24(22-12-8-6-9-13-22)16-25(18-26)23-14-10-7-11-15-23;;;/h2*6-21,39H,5H2,1-4H3;2*1H3;/q;;2*-1;/p+2. The molecule has 4 nitrogen and oxygen atoms in total. The zero-order valence-corrected chi connectivity index (χ0v) is 53.9. The summed E-state index contributed by atoms with van der Waals surface area (Å²) in [6.45, 7) is 16.8. The molecule has 0 fully saturated rings. The third-order valence-electron chi connectivity index (χ3n) is 14.3. The van der Waals surface area contributed by atoms with Crippen LogP contribution in [0.4, 0.5) is 26.3 Å². The molecule has 0 amide bonds. The van der Waals surface area contributed by atoms with Crippen molar-refractivity contribution in [3.63, 3.8) is 0 Å². The third-order valence-corrected chi connectivity index (χ3v) is 18.4. The fourth-order valence-electron chi connectivity index (χ4n) is 9.98. The van der Waals surface area contributed by atoms with Crippen molar-refractivity contribution in [2.45, 2.75) is 53.1 Å². The molecule has 0 aliphatic rings.